The van der Waals surface area contributed by atoms with E-state index in [9.17, 15) is 124 Å². The lowest BCUT2D eigenvalue weighted by Gasteiger charge is -2.32. The minimum Gasteiger partial charge on any atom is -0.480 e. The molecule has 0 aliphatic carbocycles. The van der Waals surface area contributed by atoms with E-state index < -0.39 is 179 Å². The molecule has 9 aromatic rings. The summed E-state index contributed by atoms with van der Waals surface area (Å²) in [5.41, 5.74) is -2.05. The van der Waals surface area contributed by atoms with Crippen LogP contribution in [-0.2, 0) is 82.4 Å². The third kappa shape index (κ3) is 20.4. The Balaban J connectivity index is 0.000000184. The van der Waals surface area contributed by atoms with E-state index in [-0.39, 0.29) is 105 Å². The Morgan fingerprint density at radius 3 is 0.922 bits per heavy atom. The lowest BCUT2D eigenvalue weighted by molar-refractivity contribution is -0.146. The molecule has 115 heavy (non-hydrogen) atoms. The number of ketones is 2. The normalized spacial score (nSPS) is 20.3. The van der Waals surface area contributed by atoms with E-state index in [1.807, 2.05) is 0 Å². The van der Waals surface area contributed by atoms with Crippen molar-refractivity contribution in [1.82, 2.24) is 42.8 Å². The lowest BCUT2D eigenvalue weighted by Crippen LogP contribution is -2.50. The van der Waals surface area contributed by atoms with Crippen LogP contribution >= 0.6 is 0 Å². The number of carboxylic acid groups (broad SMARTS) is 1. The highest BCUT2D eigenvalue weighted by molar-refractivity contribution is 7.89. The maximum atomic E-state index is 14.4. The number of Topliss-reactive ketones (excluding diaryl/α,β-unsaturated/α-hetero) is 2. The van der Waals surface area contributed by atoms with Gasteiger partial charge in [0.15, 0.2) is 11.6 Å². The second kappa shape index (κ2) is 34.7. The number of hydrogen-bond acceptors (Lipinski definition) is 16. The van der Waals surface area contributed by atoms with Crippen molar-refractivity contribution in [2.45, 2.75) is 141 Å². The second-order valence-electron chi connectivity index (χ2n) is 26.8. The zero-order valence-corrected chi connectivity index (χ0v) is 62.3. The number of aliphatic carboxylic acids is 1. The molecule has 3 saturated heterocycles. The highest BCUT2D eigenvalue weighted by atomic mass is 32.2. The van der Waals surface area contributed by atoms with E-state index >= 15 is 0 Å². The minimum atomic E-state index is -4.66. The first-order chi connectivity index (χ1) is 53.5. The van der Waals surface area contributed by atoms with Gasteiger partial charge >= 0.3 is 24.5 Å². The number of halogens is 18. The molecule has 0 saturated carbocycles. The topological polar surface area (TPSA) is 287 Å². The van der Waals surface area contributed by atoms with Gasteiger partial charge in [-0.2, -0.15) is 52.4 Å². The molecule has 6 aromatic heterocycles. The fourth-order valence-electron chi connectivity index (χ4n) is 12.6. The van der Waals surface area contributed by atoms with Crippen LogP contribution in [0.1, 0.15) is 87.0 Å². The summed E-state index contributed by atoms with van der Waals surface area (Å²) in [6, 6.07) is 21.3. The molecule has 20 nitrogen and oxygen atoms in total. The van der Waals surface area contributed by atoms with Crippen molar-refractivity contribution in [3.8, 4) is 33.4 Å². The zero-order chi connectivity index (χ0) is 84.9. The molecule has 0 radical (unpaired) electrons. The Morgan fingerprint density at radius 1 is 0.409 bits per heavy atom. The quantitative estimate of drug-likeness (QED) is 0.0711. The Labute approximate surface area is 644 Å². The number of carbonyl (C=O) groups is 3. The first kappa shape index (κ1) is 88.7. The number of benzene rings is 3. The minimum absolute atomic E-state index is 0.0602. The summed E-state index contributed by atoms with van der Waals surface area (Å²) in [7, 11) is -12.9. The number of aromatic nitrogens is 6. The Hall–Kier alpha value is -10.2. The maximum absolute atomic E-state index is 14.4. The van der Waals surface area contributed by atoms with Crippen molar-refractivity contribution < 1.29 is 124 Å². The summed E-state index contributed by atoms with van der Waals surface area (Å²) in [6.45, 7) is 2.27. The average molecular weight is 1690 g/mol. The van der Waals surface area contributed by atoms with Crippen LogP contribution < -0.4 is 5.73 Å². The van der Waals surface area contributed by atoms with Crippen molar-refractivity contribution in [3.05, 3.63) is 234 Å². The highest BCUT2D eigenvalue weighted by Gasteiger charge is 2.56. The molecule has 0 bridgehead atoms. The van der Waals surface area contributed by atoms with Crippen molar-refractivity contribution in [3.63, 3.8) is 0 Å². The van der Waals surface area contributed by atoms with Crippen molar-refractivity contribution in [2.75, 3.05) is 19.6 Å². The molecule has 3 aliphatic rings. The van der Waals surface area contributed by atoms with E-state index in [1.54, 1.807) is 0 Å². The first-order valence-electron chi connectivity index (χ1n) is 33.8. The molecule has 41 heteroatoms. The smallest absolute Gasteiger partial charge is 0.433 e. The van der Waals surface area contributed by atoms with Gasteiger partial charge in [-0.25, -0.2) is 64.8 Å². The molecule has 3 N–H and O–H groups in total. The number of nitrogens with two attached hydrogens (primary N) is 1. The van der Waals surface area contributed by atoms with E-state index in [0.717, 1.165) is 150 Å². The van der Waals surface area contributed by atoms with Crippen LogP contribution in [0, 0.1) is 34.9 Å². The van der Waals surface area contributed by atoms with Crippen LogP contribution in [0.5, 0.6) is 0 Å². The van der Waals surface area contributed by atoms with Crippen LogP contribution in [-0.4, -0.2) is 145 Å². The molecular formula is C74H64F18N10O10S3. The van der Waals surface area contributed by atoms with Gasteiger partial charge in [-0.1, -0.05) is 18.2 Å². The summed E-state index contributed by atoms with van der Waals surface area (Å²) in [4.78, 5) is 58.4. The number of rotatable bonds is 19. The third-order valence-electron chi connectivity index (χ3n) is 18.7. The van der Waals surface area contributed by atoms with Crippen LogP contribution in [0.4, 0.5) is 79.0 Å². The van der Waals surface area contributed by atoms with Gasteiger partial charge in [-0.05, 0) is 143 Å². The first-order valence-corrected chi connectivity index (χ1v) is 38.2. The largest absolute Gasteiger partial charge is 0.480 e. The van der Waals surface area contributed by atoms with Crippen LogP contribution in [0.3, 0.4) is 0 Å². The fourth-order valence-corrected chi connectivity index (χ4v) is 18.0. The molecule has 614 valence electrons. The SMILES string of the molecule is C[C@@]1(C(=O)CCc2cc(-c3ccc(C(F)(F)F)nc3)c(F)cn2)C[C@@H](F)CN1S(=O)(=O)c1ccc(F)cc1.C[C@@]1(C(=O)O)C[C@@H](F)CN1S(=O)(=O)c1ccc(F)cc1.C[C@]1(C(=O)CCc2cc(-c3ccc(C(F)(F)F)nc3)c(F)cn2)C[C@@H](F)CN1S(=O)(=O)c1ccc(F)cc1.NCc1cc(-c2ccc(C(F)(F)F)nc2)c(F)cn1. The molecule has 12 rings (SSSR count). The average Bonchev–Trinajstić information content (AvgIpc) is 1.62. The predicted molar refractivity (Wildman–Crippen MR) is 374 cm³/mol. The molecule has 6 atom stereocenters. The number of pyridine rings is 6. The maximum Gasteiger partial charge on any atom is 0.433 e. The van der Waals surface area contributed by atoms with Crippen LogP contribution in [0.15, 0.2) is 179 Å². The number of carbonyl (C=O) groups excluding carboxylic acids is 2. The Kier molecular flexibility index (Phi) is 26.8. The summed E-state index contributed by atoms with van der Waals surface area (Å²) in [5, 5.41) is 9.18. The van der Waals surface area contributed by atoms with Gasteiger partial charge in [0.05, 0.1) is 50.0 Å². The number of aryl methyl sites for hydroxylation is 2. The van der Waals surface area contributed by atoms with E-state index in [2.05, 4.69) is 29.9 Å². The van der Waals surface area contributed by atoms with Crippen molar-refractivity contribution in [1.29, 1.82) is 0 Å². The zero-order valence-electron chi connectivity index (χ0n) is 59.9. The second-order valence-corrected chi connectivity index (χ2v) is 32.4. The van der Waals surface area contributed by atoms with E-state index in [0.29, 0.717) is 22.1 Å². The lowest BCUT2D eigenvalue weighted by atomic mass is 9.90. The molecule has 0 amide bonds. The number of sulfonamides is 3. The molecule has 3 aromatic carbocycles. The monoisotopic (exact) mass is 1690 g/mol. The van der Waals surface area contributed by atoms with Gasteiger partial charge in [-0.3, -0.25) is 44.3 Å². The Morgan fingerprint density at radius 2 is 0.670 bits per heavy atom. The standard InChI is InChI=1S/2C25H21F6N3O3S.C12H9F4N3.C12H13F2NO4S/c2*1-24(11-17(27)14-34(24)38(36,37)19-6-3-16(26)4-7-19)23(35)9-5-18-10-20(21(28)13-32-18)15-2-8-22(33-12-15)25(29,30)31;13-10-6-18-8(4-17)3-9(10)7-1-2-11(19-5-7)12(14,15)16;1-12(11(16)17)6-9(14)7-15(12)20(18,19)10-4-2-8(13)3-5-10/h2*2-4,6-8,10,12-13,17H,5,9,11,14H2,1H3;1-3,5-6H,4,17H2;2-5,9H,6-7H2,1H3,(H,16,17)/t17-,24+;17-,24-;;9-,12+/m11.1/s1. The number of carboxylic acids is 1. The predicted octanol–water partition coefficient (Wildman–Crippen LogP) is 14.4. The molecule has 0 spiro atoms. The number of alkyl halides is 12. The van der Waals surface area contributed by atoms with Gasteiger partial charge in [0.2, 0.25) is 30.1 Å². The van der Waals surface area contributed by atoms with E-state index in [4.69, 9.17) is 5.73 Å². The summed E-state index contributed by atoms with van der Waals surface area (Å²) in [5.74, 6) is -6.84. The fraction of sp³-hybridized carbons (Fsp3) is 0.311. The summed E-state index contributed by atoms with van der Waals surface area (Å²) < 4.78 is 317. The van der Waals surface area contributed by atoms with Gasteiger partial charge in [-0.15, -0.1) is 0 Å². The summed E-state index contributed by atoms with van der Waals surface area (Å²) in [6.07, 6.45) is -15.1. The van der Waals surface area contributed by atoms with Crippen LogP contribution in [0.25, 0.3) is 33.4 Å². The highest BCUT2D eigenvalue weighted by Crippen LogP contribution is 2.42. The molecular weight excluding hydrogens is 1630 g/mol. The Bertz CT molecular complexity index is 5160. The van der Waals surface area contributed by atoms with Crippen molar-refractivity contribution in [2.24, 2.45) is 5.73 Å². The number of hydrogen-bond donors (Lipinski definition) is 2. The third-order valence-corrected chi connectivity index (χ3v) is 24.7. The van der Waals surface area contributed by atoms with Gasteiger partial charge < -0.3 is 10.8 Å². The van der Waals surface area contributed by atoms with E-state index in [1.165, 1.54) is 32.0 Å². The molecule has 3 fully saturated rings. The van der Waals surface area contributed by atoms with Crippen molar-refractivity contribution >= 4 is 47.6 Å². The molecule has 9 heterocycles. The molecule has 0 unspecified atom stereocenters. The number of nitrogens with zero attached hydrogens (tertiary/aromatic N) is 9. The van der Waals surface area contributed by atoms with Crippen LogP contribution in [0.2, 0.25) is 0 Å². The van der Waals surface area contributed by atoms with Gasteiger partial charge in [0, 0.05) is 122 Å². The van der Waals surface area contributed by atoms with Gasteiger partial charge in [0.25, 0.3) is 0 Å². The molecule has 3 aliphatic heterocycles. The van der Waals surface area contributed by atoms with Gasteiger partial charge in [0.1, 0.15) is 76.0 Å². The summed E-state index contributed by atoms with van der Waals surface area (Å²) >= 11 is 0.